The molecule has 19 heavy (non-hydrogen) atoms. The number of nitrogens with zero attached hydrogens (tertiary/aromatic N) is 1. The minimum absolute atomic E-state index is 0.0115. The normalized spacial score (nSPS) is 15.3. The van der Waals surface area contributed by atoms with Crippen LogP contribution in [0.15, 0.2) is 0 Å². The van der Waals surface area contributed by atoms with Gasteiger partial charge in [-0.05, 0) is 6.42 Å². The summed E-state index contributed by atoms with van der Waals surface area (Å²) < 4.78 is 5.18. The topological polar surface area (TPSA) is 58.6 Å². The Labute approximate surface area is 115 Å². The minimum Gasteiger partial charge on any atom is -0.378 e. The number of carbonyl (C=O) groups excluding carboxylic acids is 2. The van der Waals surface area contributed by atoms with Crippen LogP contribution in [0.3, 0.4) is 0 Å². The number of rotatable bonds is 8. The second kappa shape index (κ2) is 9.78. The van der Waals surface area contributed by atoms with Gasteiger partial charge < -0.3 is 15.0 Å². The van der Waals surface area contributed by atoms with Crippen LogP contribution < -0.4 is 5.32 Å². The Kier molecular flexibility index (Phi) is 8.21. The number of carbonyl (C=O) groups is 2. The average Bonchev–Trinajstić information content (AvgIpc) is 2.45. The molecule has 0 bridgehead atoms. The largest absolute Gasteiger partial charge is 0.378 e. The molecule has 1 rings (SSSR count). The Balaban J connectivity index is 2.03. The van der Waals surface area contributed by atoms with Crippen LogP contribution in [-0.4, -0.2) is 49.6 Å². The van der Waals surface area contributed by atoms with Gasteiger partial charge in [0.1, 0.15) is 0 Å². The van der Waals surface area contributed by atoms with Gasteiger partial charge in [-0.15, -0.1) is 0 Å². The highest BCUT2D eigenvalue weighted by Crippen LogP contribution is 2.04. The number of morpholine rings is 1. The molecular formula is C14H26N2O3. The Hall–Kier alpha value is -1.10. The Morgan fingerprint density at radius 2 is 1.79 bits per heavy atom. The molecule has 0 aromatic carbocycles. The lowest BCUT2D eigenvalue weighted by Gasteiger charge is -2.26. The summed E-state index contributed by atoms with van der Waals surface area (Å²) in [5.41, 5.74) is 0. The van der Waals surface area contributed by atoms with Gasteiger partial charge in [0.05, 0.1) is 19.8 Å². The van der Waals surface area contributed by atoms with Crippen molar-refractivity contribution in [3.05, 3.63) is 0 Å². The molecular weight excluding hydrogens is 244 g/mol. The molecule has 0 aromatic heterocycles. The number of unbranched alkanes of at least 4 members (excludes halogenated alkanes) is 4. The van der Waals surface area contributed by atoms with E-state index in [4.69, 9.17) is 4.74 Å². The highest BCUT2D eigenvalue weighted by atomic mass is 16.5. The molecule has 1 aliphatic heterocycles. The molecule has 0 unspecified atom stereocenters. The lowest BCUT2D eigenvalue weighted by Crippen LogP contribution is -2.45. The van der Waals surface area contributed by atoms with Crippen molar-refractivity contribution in [1.29, 1.82) is 0 Å². The molecule has 0 aliphatic carbocycles. The van der Waals surface area contributed by atoms with Gasteiger partial charge >= 0.3 is 0 Å². The van der Waals surface area contributed by atoms with Crippen LogP contribution in [-0.2, 0) is 14.3 Å². The van der Waals surface area contributed by atoms with E-state index in [9.17, 15) is 9.59 Å². The maximum atomic E-state index is 11.8. The van der Waals surface area contributed by atoms with E-state index in [1.807, 2.05) is 0 Å². The van der Waals surface area contributed by atoms with Crippen molar-refractivity contribution in [2.75, 3.05) is 32.8 Å². The fourth-order valence-electron chi connectivity index (χ4n) is 2.08. The average molecular weight is 270 g/mol. The van der Waals surface area contributed by atoms with Crippen molar-refractivity contribution >= 4 is 11.8 Å². The van der Waals surface area contributed by atoms with Crippen LogP contribution in [0.1, 0.15) is 45.4 Å². The summed E-state index contributed by atoms with van der Waals surface area (Å²) in [4.78, 5) is 25.1. The van der Waals surface area contributed by atoms with Crippen LogP contribution in [0.25, 0.3) is 0 Å². The molecule has 0 aromatic rings. The summed E-state index contributed by atoms with van der Waals surface area (Å²) in [6.45, 7) is 4.74. The first-order chi connectivity index (χ1) is 9.24. The van der Waals surface area contributed by atoms with Crippen molar-refractivity contribution in [3.63, 3.8) is 0 Å². The number of hydrogen-bond donors (Lipinski definition) is 1. The lowest BCUT2D eigenvalue weighted by atomic mass is 10.1. The third-order valence-electron chi connectivity index (χ3n) is 3.31. The van der Waals surface area contributed by atoms with Gasteiger partial charge in [0.15, 0.2) is 0 Å². The van der Waals surface area contributed by atoms with E-state index in [0.717, 1.165) is 12.8 Å². The third-order valence-corrected chi connectivity index (χ3v) is 3.31. The summed E-state index contributed by atoms with van der Waals surface area (Å²) in [6, 6.07) is 0. The van der Waals surface area contributed by atoms with Crippen molar-refractivity contribution < 1.29 is 14.3 Å². The van der Waals surface area contributed by atoms with Gasteiger partial charge in [-0.25, -0.2) is 0 Å². The van der Waals surface area contributed by atoms with Gasteiger partial charge in [0.2, 0.25) is 11.8 Å². The van der Waals surface area contributed by atoms with E-state index in [0.29, 0.717) is 32.7 Å². The number of ether oxygens (including phenoxy) is 1. The fraction of sp³-hybridized carbons (Fsp3) is 0.857. The quantitative estimate of drug-likeness (QED) is 0.677. The molecule has 1 saturated heterocycles. The first-order valence-corrected chi connectivity index (χ1v) is 7.36. The second-order valence-corrected chi connectivity index (χ2v) is 4.93. The zero-order valence-corrected chi connectivity index (χ0v) is 12.0. The molecule has 1 heterocycles. The van der Waals surface area contributed by atoms with Crippen LogP contribution in [0, 0.1) is 0 Å². The smallest absolute Gasteiger partial charge is 0.242 e. The second-order valence-electron chi connectivity index (χ2n) is 4.93. The highest BCUT2D eigenvalue weighted by molar-refractivity contribution is 5.84. The summed E-state index contributed by atoms with van der Waals surface area (Å²) in [7, 11) is 0. The van der Waals surface area contributed by atoms with Crippen LogP contribution >= 0.6 is 0 Å². The van der Waals surface area contributed by atoms with E-state index in [1.54, 1.807) is 4.90 Å². The molecule has 2 amide bonds. The van der Waals surface area contributed by atoms with Crippen molar-refractivity contribution in [1.82, 2.24) is 10.2 Å². The summed E-state index contributed by atoms with van der Waals surface area (Å²) in [5, 5.41) is 2.70. The summed E-state index contributed by atoms with van der Waals surface area (Å²) in [6.07, 6.45) is 6.17. The maximum absolute atomic E-state index is 11.8. The van der Waals surface area contributed by atoms with Crippen LogP contribution in [0.4, 0.5) is 0 Å². The zero-order chi connectivity index (χ0) is 13.9. The molecule has 0 atom stereocenters. The van der Waals surface area contributed by atoms with Gasteiger partial charge in [0.25, 0.3) is 0 Å². The van der Waals surface area contributed by atoms with Gasteiger partial charge in [-0.1, -0.05) is 32.6 Å². The van der Waals surface area contributed by atoms with E-state index in [-0.39, 0.29) is 18.4 Å². The maximum Gasteiger partial charge on any atom is 0.242 e. The Morgan fingerprint density at radius 3 is 2.47 bits per heavy atom. The molecule has 110 valence electrons. The lowest BCUT2D eigenvalue weighted by molar-refractivity contribution is -0.136. The molecule has 1 aliphatic rings. The highest BCUT2D eigenvalue weighted by Gasteiger charge is 2.16. The zero-order valence-electron chi connectivity index (χ0n) is 12.0. The molecule has 5 nitrogen and oxygen atoms in total. The molecule has 1 fully saturated rings. The molecule has 0 radical (unpaired) electrons. The predicted molar refractivity (Wildman–Crippen MR) is 73.8 cm³/mol. The fourth-order valence-corrected chi connectivity index (χ4v) is 2.08. The van der Waals surface area contributed by atoms with Crippen molar-refractivity contribution in [2.45, 2.75) is 45.4 Å². The third kappa shape index (κ3) is 7.15. The van der Waals surface area contributed by atoms with Crippen molar-refractivity contribution in [2.24, 2.45) is 0 Å². The Bertz CT molecular complexity index is 276. The van der Waals surface area contributed by atoms with E-state index >= 15 is 0 Å². The number of hydrogen-bond acceptors (Lipinski definition) is 3. The Morgan fingerprint density at radius 1 is 1.11 bits per heavy atom. The van der Waals surface area contributed by atoms with Gasteiger partial charge in [-0.2, -0.15) is 0 Å². The molecule has 1 N–H and O–H groups in total. The van der Waals surface area contributed by atoms with E-state index in [1.165, 1.54) is 19.3 Å². The standard InChI is InChI=1S/C14H26N2O3/c1-2-3-4-5-6-7-13(17)15-12-14(18)16-8-10-19-11-9-16/h2-12H2,1H3,(H,15,17). The first kappa shape index (κ1) is 16.0. The molecule has 0 spiro atoms. The number of amides is 2. The van der Waals surface area contributed by atoms with Crippen molar-refractivity contribution in [3.8, 4) is 0 Å². The van der Waals surface area contributed by atoms with Gasteiger partial charge in [0, 0.05) is 19.5 Å². The number of nitrogens with one attached hydrogen (secondary N) is 1. The first-order valence-electron chi connectivity index (χ1n) is 7.36. The SMILES string of the molecule is CCCCCCCC(=O)NCC(=O)N1CCOCC1. The predicted octanol–water partition coefficient (Wildman–Crippen LogP) is 1.32. The monoisotopic (exact) mass is 270 g/mol. The van der Waals surface area contributed by atoms with Crippen LogP contribution in [0.5, 0.6) is 0 Å². The minimum atomic E-state index is -0.0156. The van der Waals surface area contributed by atoms with E-state index in [2.05, 4.69) is 12.2 Å². The molecule has 5 heteroatoms. The van der Waals surface area contributed by atoms with Crippen LogP contribution in [0.2, 0.25) is 0 Å². The molecule has 0 saturated carbocycles. The van der Waals surface area contributed by atoms with E-state index < -0.39 is 0 Å². The summed E-state index contributed by atoms with van der Waals surface area (Å²) in [5.74, 6) is -0.0271. The summed E-state index contributed by atoms with van der Waals surface area (Å²) >= 11 is 0. The van der Waals surface area contributed by atoms with Gasteiger partial charge in [-0.3, -0.25) is 9.59 Å².